The molecular weight excluding hydrogens is 429 g/mol. The summed E-state index contributed by atoms with van der Waals surface area (Å²) in [7, 11) is 1.64. The van der Waals surface area contributed by atoms with Gasteiger partial charge in [-0.15, -0.1) is 0 Å². The molecule has 0 saturated heterocycles. The summed E-state index contributed by atoms with van der Waals surface area (Å²) in [6.07, 6.45) is 0. The van der Waals surface area contributed by atoms with Crippen LogP contribution in [0.1, 0.15) is 16.2 Å². The van der Waals surface area contributed by atoms with Crippen molar-refractivity contribution in [2.45, 2.75) is 6.54 Å². The van der Waals surface area contributed by atoms with Crippen molar-refractivity contribution >= 4 is 45.0 Å². The highest BCUT2D eigenvalue weighted by Gasteiger charge is 2.18. The number of carbonyl (C=O) groups excluding carboxylic acids is 1. The van der Waals surface area contributed by atoms with Gasteiger partial charge in [-0.1, -0.05) is 56.4 Å². The van der Waals surface area contributed by atoms with E-state index in [1.807, 2.05) is 24.3 Å². The van der Waals surface area contributed by atoms with Crippen LogP contribution >= 0.6 is 39.1 Å². The largest absolute Gasteiger partial charge is 0.337 e. The predicted molar refractivity (Wildman–Crippen MR) is 99.7 cm³/mol. The van der Waals surface area contributed by atoms with Crippen molar-refractivity contribution in [1.82, 2.24) is 15.0 Å². The quantitative estimate of drug-likeness (QED) is 0.567. The topological polar surface area (TPSA) is 59.2 Å². The minimum absolute atomic E-state index is 0.165. The Bertz CT molecular complexity index is 930. The van der Waals surface area contributed by atoms with Crippen LogP contribution in [-0.4, -0.2) is 28.0 Å². The van der Waals surface area contributed by atoms with Gasteiger partial charge in [0.1, 0.15) is 0 Å². The number of hydrogen-bond donors (Lipinski definition) is 0. The maximum absolute atomic E-state index is 12.5. The van der Waals surface area contributed by atoms with Gasteiger partial charge in [0.05, 0.1) is 17.1 Å². The second kappa shape index (κ2) is 7.56. The second-order valence-electron chi connectivity index (χ2n) is 5.31. The number of amides is 1. The van der Waals surface area contributed by atoms with E-state index in [2.05, 4.69) is 26.1 Å². The first-order valence-corrected chi connectivity index (χ1v) is 8.78. The highest BCUT2D eigenvalue weighted by molar-refractivity contribution is 9.10. The molecule has 0 N–H and O–H groups in total. The first kappa shape index (κ1) is 17.9. The third-order valence-corrected chi connectivity index (χ3v) is 4.47. The number of aromatic nitrogens is 2. The summed E-state index contributed by atoms with van der Waals surface area (Å²) < 4.78 is 6.16. The van der Waals surface area contributed by atoms with Crippen LogP contribution in [0.4, 0.5) is 0 Å². The molecular formula is C17H12BrCl2N3O2. The van der Waals surface area contributed by atoms with Crippen LogP contribution < -0.4 is 0 Å². The zero-order valence-electron chi connectivity index (χ0n) is 13.0. The Balaban J connectivity index is 1.75. The lowest BCUT2D eigenvalue weighted by molar-refractivity contribution is 0.0770. The molecule has 1 amide bonds. The highest BCUT2D eigenvalue weighted by atomic mass is 79.9. The Kier molecular flexibility index (Phi) is 5.42. The molecule has 0 aliphatic heterocycles. The van der Waals surface area contributed by atoms with E-state index in [-0.39, 0.29) is 12.5 Å². The molecule has 1 aromatic heterocycles. The fourth-order valence-electron chi connectivity index (χ4n) is 2.21. The molecule has 5 nitrogen and oxygen atoms in total. The smallest absolute Gasteiger partial charge is 0.255 e. The summed E-state index contributed by atoms with van der Waals surface area (Å²) in [6, 6.07) is 12.3. The highest BCUT2D eigenvalue weighted by Crippen LogP contribution is 2.23. The molecule has 25 heavy (non-hydrogen) atoms. The molecule has 0 bridgehead atoms. The lowest BCUT2D eigenvalue weighted by Crippen LogP contribution is -2.26. The van der Waals surface area contributed by atoms with Crippen molar-refractivity contribution in [3.05, 3.63) is 68.4 Å². The normalized spacial score (nSPS) is 10.7. The van der Waals surface area contributed by atoms with Gasteiger partial charge < -0.3 is 9.42 Å². The maximum atomic E-state index is 12.5. The van der Waals surface area contributed by atoms with E-state index < -0.39 is 0 Å². The van der Waals surface area contributed by atoms with Gasteiger partial charge in [0.25, 0.3) is 5.91 Å². The van der Waals surface area contributed by atoms with Crippen LogP contribution in [0.25, 0.3) is 11.4 Å². The van der Waals surface area contributed by atoms with Gasteiger partial charge in [0, 0.05) is 22.1 Å². The zero-order valence-corrected chi connectivity index (χ0v) is 16.1. The number of nitrogens with zero attached hydrogens (tertiary/aromatic N) is 3. The molecule has 0 unspecified atom stereocenters. The molecule has 0 spiro atoms. The van der Waals surface area contributed by atoms with Crippen LogP contribution in [0.2, 0.25) is 10.0 Å². The molecule has 0 fully saturated rings. The fraction of sp³-hybridized carbons (Fsp3) is 0.118. The van der Waals surface area contributed by atoms with Gasteiger partial charge in [-0.25, -0.2) is 0 Å². The molecule has 3 rings (SSSR count). The Morgan fingerprint density at radius 1 is 1.24 bits per heavy atom. The molecule has 128 valence electrons. The van der Waals surface area contributed by atoms with Crippen LogP contribution in [0, 0.1) is 0 Å². The van der Waals surface area contributed by atoms with E-state index in [0.717, 1.165) is 10.0 Å². The molecule has 3 aromatic rings. The molecule has 8 heteroatoms. The summed E-state index contributed by atoms with van der Waals surface area (Å²) in [5.41, 5.74) is 1.18. The van der Waals surface area contributed by atoms with Crippen molar-refractivity contribution in [1.29, 1.82) is 0 Å². The maximum Gasteiger partial charge on any atom is 0.255 e. The molecule has 2 aromatic carbocycles. The third kappa shape index (κ3) is 4.21. The lowest BCUT2D eigenvalue weighted by atomic mass is 10.2. The number of hydrogen-bond acceptors (Lipinski definition) is 4. The first-order valence-electron chi connectivity index (χ1n) is 7.23. The van der Waals surface area contributed by atoms with Gasteiger partial charge in [-0.05, 0) is 30.3 Å². The third-order valence-electron chi connectivity index (χ3n) is 3.43. The van der Waals surface area contributed by atoms with E-state index in [4.69, 9.17) is 27.7 Å². The summed E-state index contributed by atoms with van der Waals surface area (Å²) in [5.74, 6) is 0.529. The van der Waals surface area contributed by atoms with Gasteiger partial charge in [0.2, 0.25) is 11.7 Å². The van der Waals surface area contributed by atoms with Crippen molar-refractivity contribution in [3.8, 4) is 11.4 Å². The minimum Gasteiger partial charge on any atom is -0.337 e. The van der Waals surface area contributed by atoms with Crippen LogP contribution in [-0.2, 0) is 6.54 Å². The lowest BCUT2D eigenvalue weighted by Gasteiger charge is -2.15. The van der Waals surface area contributed by atoms with Crippen molar-refractivity contribution in [2.24, 2.45) is 0 Å². The second-order valence-corrected chi connectivity index (χ2v) is 7.07. The number of halogens is 3. The summed E-state index contributed by atoms with van der Waals surface area (Å²) in [6.45, 7) is 0.165. The average molecular weight is 441 g/mol. The summed E-state index contributed by atoms with van der Waals surface area (Å²) in [5, 5.41) is 4.72. The minimum atomic E-state index is -0.260. The van der Waals surface area contributed by atoms with Crippen molar-refractivity contribution < 1.29 is 9.32 Å². The Morgan fingerprint density at radius 2 is 2.04 bits per heavy atom. The zero-order chi connectivity index (χ0) is 18.0. The molecule has 0 aliphatic rings. The van der Waals surface area contributed by atoms with Gasteiger partial charge in [-0.3, -0.25) is 4.79 Å². The fourth-order valence-corrected chi connectivity index (χ4v) is 3.10. The van der Waals surface area contributed by atoms with Crippen LogP contribution in [0.15, 0.2) is 51.5 Å². The SMILES string of the molecule is CN(Cc1nc(-c2cccc(Br)c2)no1)C(=O)c1ccc(Cl)cc1Cl. The van der Waals surface area contributed by atoms with E-state index in [9.17, 15) is 4.79 Å². The Labute approximate surface area is 162 Å². The van der Waals surface area contributed by atoms with E-state index in [0.29, 0.717) is 27.3 Å². The average Bonchev–Trinajstić information content (AvgIpc) is 3.03. The van der Waals surface area contributed by atoms with Crippen molar-refractivity contribution in [3.63, 3.8) is 0 Å². The number of rotatable bonds is 4. The van der Waals surface area contributed by atoms with Crippen LogP contribution in [0.3, 0.4) is 0 Å². The molecule has 0 saturated carbocycles. The number of carbonyl (C=O) groups is 1. The molecule has 0 radical (unpaired) electrons. The summed E-state index contributed by atoms with van der Waals surface area (Å²) in [4.78, 5) is 18.3. The van der Waals surface area contributed by atoms with Crippen molar-refractivity contribution in [2.75, 3.05) is 7.05 Å². The molecule has 1 heterocycles. The summed E-state index contributed by atoms with van der Waals surface area (Å²) >= 11 is 15.3. The number of benzene rings is 2. The Hall–Kier alpha value is -1.89. The molecule has 0 atom stereocenters. The van der Waals surface area contributed by atoms with E-state index in [1.54, 1.807) is 19.2 Å². The Morgan fingerprint density at radius 3 is 2.76 bits per heavy atom. The van der Waals surface area contributed by atoms with E-state index in [1.165, 1.54) is 11.0 Å². The predicted octanol–water partition coefficient (Wildman–Crippen LogP) is 5.08. The van der Waals surface area contributed by atoms with Gasteiger partial charge in [0.15, 0.2) is 0 Å². The standard InChI is InChI=1S/C17H12BrCl2N3O2/c1-23(17(24)13-6-5-12(19)8-14(13)20)9-15-21-16(22-25-15)10-3-2-4-11(18)7-10/h2-8H,9H2,1H3. The van der Waals surface area contributed by atoms with Crippen LogP contribution in [0.5, 0.6) is 0 Å². The molecule has 0 aliphatic carbocycles. The monoisotopic (exact) mass is 439 g/mol. The van der Waals surface area contributed by atoms with E-state index >= 15 is 0 Å². The van der Waals surface area contributed by atoms with Gasteiger partial charge >= 0.3 is 0 Å². The first-order chi connectivity index (χ1) is 11.9. The van der Waals surface area contributed by atoms with Gasteiger partial charge in [-0.2, -0.15) is 4.98 Å².